The standard InChI is InChI=1S/C45H50ClNO3S/c1-8-14-34-29(3)17-21-36-40(34)44(4,5)38(47(36)25-12-13-26-51)23-19-31-27-33(43(48)49-9-2)28-32(42(31)46)20-24-39-45(6,7)41-35-16-11-10-15-30(35)18-22-37(41)50-39/h8,10-11,14-24,33H,9,12-13,25-28H2,1-7H3/p+1/b14-8-,23-19+,32-20+,39-24+. The highest BCUT2D eigenvalue weighted by Crippen LogP contribution is 2.49. The molecule has 0 amide bonds. The first-order valence-electron chi connectivity index (χ1n) is 18.3. The van der Waals surface area contributed by atoms with Gasteiger partial charge in [0.25, 0.3) is 0 Å². The minimum atomic E-state index is -0.346. The summed E-state index contributed by atoms with van der Waals surface area (Å²) in [6.45, 7) is 16.4. The quantitative estimate of drug-likeness (QED) is 0.0981. The van der Waals surface area contributed by atoms with E-state index in [2.05, 4.69) is 132 Å². The number of esters is 1. The van der Waals surface area contributed by atoms with Crippen LogP contribution in [0.25, 0.3) is 16.8 Å². The smallest absolute Gasteiger partial charge is 0.309 e. The Balaban J connectivity index is 1.41. The summed E-state index contributed by atoms with van der Waals surface area (Å²) in [4.78, 5) is 13.3. The monoisotopic (exact) mass is 720 g/mol. The van der Waals surface area contributed by atoms with Crippen LogP contribution in [0, 0.1) is 12.8 Å². The zero-order valence-electron chi connectivity index (χ0n) is 31.1. The summed E-state index contributed by atoms with van der Waals surface area (Å²) in [5, 5.41) is 3.08. The molecule has 2 heterocycles. The fourth-order valence-corrected chi connectivity index (χ4v) is 8.64. The Morgan fingerprint density at radius 3 is 2.51 bits per heavy atom. The molecular weight excluding hydrogens is 670 g/mol. The van der Waals surface area contributed by atoms with E-state index in [-0.39, 0.29) is 22.7 Å². The maximum Gasteiger partial charge on any atom is 0.309 e. The minimum absolute atomic E-state index is 0.191. The summed E-state index contributed by atoms with van der Waals surface area (Å²) in [5.74, 6) is 2.07. The van der Waals surface area contributed by atoms with Gasteiger partial charge in [0.2, 0.25) is 5.69 Å². The molecule has 0 N–H and O–H groups in total. The Morgan fingerprint density at radius 1 is 0.980 bits per heavy atom. The number of unbranched alkanes of at least 4 members (excludes halogenated alkanes) is 1. The maximum atomic E-state index is 13.3. The van der Waals surface area contributed by atoms with E-state index < -0.39 is 0 Å². The zero-order valence-corrected chi connectivity index (χ0v) is 32.8. The number of fused-ring (bicyclic) bond motifs is 4. The molecule has 1 unspecified atom stereocenters. The first-order valence-corrected chi connectivity index (χ1v) is 19.3. The summed E-state index contributed by atoms with van der Waals surface area (Å²) in [7, 11) is 0. The van der Waals surface area contributed by atoms with E-state index in [1.807, 2.05) is 19.1 Å². The molecule has 1 aliphatic carbocycles. The molecule has 0 saturated heterocycles. The van der Waals surface area contributed by atoms with Crippen LogP contribution in [0.15, 0.2) is 101 Å². The van der Waals surface area contributed by atoms with Crippen LogP contribution in [0.3, 0.4) is 0 Å². The van der Waals surface area contributed by atoms with E-state index in [0.29, 0.717) is 24.5 Å². The molecule has 4 nitrogen and oxygen atoms in total. The average molecular weight is 721 g/mol. The fraction of sp³-hybridized carbons (Fsp3) is 0.378. The predicted molar refractivity (Wildman–Crippen MR) is 217 cm³/mol. The number of carbonyl (C=O) groups excluding carboxylic acids is 1. The van der Waals surface area contributed by atoms with Gasteiger partial charge >= 0.3 is 5.97 Å². The lowest BCUT2D eigenvalue weighted by atomic mass is 9.77. The van der Waals surface area contributed by atoms with Gasteiger partial charge in [0.1, 0.15) is 18.1 Å². The van der Waals surface area contributed by atoms with Gasteiger partial charge in [-0.2, -0.15) is 17.2 Å². The Bertz CT molecular complexity index is 2060. The van der Waals surface area contributed by atoms with E-state index in [1.54, 1.807) is 0 Å². The van der Waals surface area contributed by atoms with Crippen molar-refractivity contribution in [3.8, 4) is 5.75 Å². The van der Waals surface area contributed by atoms with Crippen molar-refractivity contribution in [1.29, 1.82) is 0 Å². The number of ether oxygens (including phenoxy) is 2. The number of benzene rings is 3. The maximum absolute atomic E-state index is 13.3. The molecular formula is C45H51ClNO3S+. The van der Waals surface area contributed by atoms with Gasteiger partial charge in [-0.1, -0.05) is 72.3 Å². The number of halogens is 1. The van der Waals surface area contributed by atoms with E-state index in [1.165, 1.54) is 44.4 Å². The Hall–Kier alpha value is -3.80. The number of nitrogens with zero attached hydrogens (tertiary/aromatic N) is 1. The third-order valence-electron chi connectivity index (χ3n) is 10.8. The Labute approximate surface area is 314 Å². The van der Waals surface area contributed by atoms with E-state index >= 15 is 0 Å². The number of rotatable bonds is 10. The van der Waals surface area contributed by atoms with Crippen molar-refractivity contribution in [2.45, 2.75) is 85.0 Å². The van der Waals surface area contributed by atoms with E-state index in [0.717, 1.165) is 47.8 Å². The predicted octanol–water partition coefficient (Wildman–Crippen LogP) is 11.5. The largest absolute Gasteiger partial charge is 0.466 e. The molecule has 0 bridgehead atoms. The number of thiol groups is 1. The highest BCUT2D eigenvalue weighted by molar-refractivity contribution is 7.80. The molecule has 3 aromatic carbocycles. The second-order valence-electron chi connectivity index (χ2n) is 14.9. The highest BCUT2D eigenvalue weighted by Gasteiger charge is 2.46. The third-order valence-corrected chi connectivity index (χ3v) is 11.6. The number of hydrogen-bond acceptors (Lipinski definition) is 4. The normalized spacial score (nSPS) is 21.0. The number of allylic oxidation sites excluding steroid dienone is 9. The van der Waals surface area contributed by atoms with E-state index in [4.69, 9.17) is 21.1 Å². The van der Waals surface area contributed by atoms with Crippen LogP contribution in [-0.2, 0) is 20.4 Å². The van der Waals surface area contributed by atoms with Gasteiger partial charge in [0.05, 0.1) is 23.4 Å². The lowest BCUT2D eigenvalue weighted by Crippen LogP contribution is -2.29. The van der Waals surface area contributed by atoms with E-state index in [9.17, 15) is 4.79 Å². The first-order chi connectivity index (χ1) is 24.4. The van der Waals surface area contributed by atoms with Crippen molar-refractivity contribution >= 4 is 58.4 Å². The van der Waals surface area contributed by atoms with Crippen molar-refractivity contribution in [3.63, 3.8) is 0 Å². The molecule has 0 fully saturated rings. The second kappa shape index (κ2) is 15.0. The molecule has 3 aromatic rings. The van der Waals surface area contributed by atoms with Crippen molar-refractivity contribution in [3.05, 3.63) is 123 Å². The van der Waals surface area contributed by atoms with Crippen LogP contribution in [0.1, 0.15) is 89.5 Å². The van der Waals surface area contributed by atoms with Crippen molar-refractivity contribution in [2.24, 2.45) is 5.92 Å². The summed E-state index contributed by atoms with van der Waals surface area (Å²) in [5.41, 5.74) is 8.82. The lowest BCUT2D eigenvalue weighted by molar-refractivity contribution is -0.438. The van der Waals surface area contributed by atoms with Crippen molar-refractivity contribution < 1.29 is 18.8 Å². The Morgan fingerprint density at radius 2 is 1.76 bits per heavy atom. The molecule has 266 valence electrons. The van der Waals surface area contributed by atoms with Crippen LogP contribution in [0.2, 0.25) is 0 Å². The summed E-state index contributed by atoms with van der Waals surface area (Å²) in [6, 6.07) is 17.1. The first kappa shape index (κ1) is 37.0. The number of carbonyl (C=O) groups is 1. The third kappa shape index (κ3) is 6.92. The Kier molecular flexibility index (Phi) is 10.9. The van der Waals surface area contributed by atoms with Gasteiger partial charge in [0.15, 0.2) is 5.71 Å². The topological polar surface area (TPSA) is 38.5 Å². The average Bonchev–Trinajstić information content (AvgIpc) is 3.49. The van der Waals surface area contributed by atoms with Crippen LogP contribution in [0.4, 0.5) is 5.69 Å². The van der Waals surface area contributed by atoms with Crippen molar-refractivity contribution in [1.82, 2.24) is 0 Å². The molecule has 1 atom stereocenters. The fourth-order valence-electron chi connectivity index (χ4n) is 8.14. The number of hydrogen-bond donors (Lipinski definition) is 1. The van der Waals surface area contributed by atoms with Crippen molar-refractivity contribution in [2.75, 3.05) is 18.9 Å². The second-order valence-corrected chi connectivity index (χ2v) is 15.7. The summed E-state index contributed by atoms with van der Waals surface area (Å²) < 4.78 is 14.5. The van der Waals surface area contributed by atoms with Gasteiger partial charge in [-0.05, 0) is 119 Å². The van der Waals surface area contributed by atoms with Gasteiger partial charge in [-0.15, -0.1) is 0 Å². The molecule has 0 radical (unpaired) electrons. The molecule has 6 heteroatoms. The van der Waals surface area contributed by atoms with Gasteiger partial charge in [0, 0.05) is 34.7 Å². The molecule has 0 spiro atoms. The van der Waals surface area contributed by atoms with Crippen LogP contribution in [-0.4, -0.2) is 35.2 Å². The van der Waals surface area contributed by atoms with Gasteiger partial charge in [-0.3, -0.25) is 4.79 Å². The zero-order chi connectivity index (χ0) is 36.5. The highest BCUT2D eigenvalue weighted by atomic mass is 35.5. The lowest BCUT2D eigenvalue weighted by Gasteiger charge is -2.25. The molecule has 3 aliphatic rings. The van der Waals surface area contributed by atoms with Crippen LogP contribution in [0.5, 0.6) is 5.75 Å². The summed E-state index contributed by atoms with van der Waals surface area (Å²) in [6.07, 6.45) is 15.9. The van der Waals surface area contributed by atoms with Gasteiger partial charge in [-0.25, -0.2) is 0 Å². The SMILES string of the molecule is C/C=C\c1c(C)ccc2c1C(C)(C)C(/C=C/C1=C(Cl)C(=C/C=C3/Oc4ccc5ccccc5c4C3(C)C)/CC(C(=O)OCC)C1)=[N+]2CCCCS. The number of aryl methyl sites for hydroxylation is 1. The molecule has 0 aromatic heterocycles. The van der Waals surface area contributed by atoms with Crippen LogP contribution < -0.4 is 4.74 Å². The summed E-state index contributed by atoms with van der Waals surface area (Å²) >= 11 is 11.8. The minimum Gasteiger partial charge on any atom is -0.466 e. The van der Waals surface area contributed by atoms with Crippen LogP contribution >= 0.6 is 24.2 Å². The molecule has 51 heavy (non-hydrogen) atoms. The molecule has 2 aliphatic heterocycles. The molecule has 6 rings (SSSR count). The molecule has 0 saturated carbocycles. The van der Waals surface area contributed by atoms with Gasteiger partial charge < -0.3 is 9.47 Å².